The largest absolute Gasteiger partial charge is 0.347 e. The Morgan fingerprint density at radius 3 is 2.93 bits per heavy atom. The maximum atomic E-state index is 11.7. The molecule has 0 aromatic carbocycles. The number of aryl methyl sites for hydroxylation is 1. The van der Waals surface area contributed by atoms with Gasteiger partial charge in [0.15, 0.2) is 5.82 Å². The summed E-state index contributed by atoms with van der Waals surface area (Å²) in [6.07, 6.45) is 4.19. The van der Waals surface area contributed by atoms with E-state index in [1.165, 1.54) is 0 Å². The molecule has 0 aliphatic heterocycles. The summed E-state index contributed by atoms with van der Waals surface area (Å²) in [5, 5.41) is 10.4. The first kappa shape index (κ1) is 10.1. The van der Waals surface area contributed by atoms with Gasteiger partial charge >= 0.3 is 0 Å². The Morgan fingerprint density at radius 1 is 1.73 bits per heavy atom. The fraction of sp³-hybridized carbons (Fsp3) is 0.667. The molecule has 0 radical (unpaired) electrons. The molecular weight excluding hydrogens is 194 g/mol. The highest BCUT2D eigenvalue weighted by Gasteiger charge is 2.39. The second-order valence-electron chi connectivity index (χ2n) is 4.05. The molecule has 1 saturated carbocycles. The van der Waals surface area contributed by atoms with Crippen LogP contribution in [0.4, 0.5) is 0 Å². The van der Waals surface area contributed by atoms with Gasteiger partial charge < -0.3 is 15.6 Å². The predicted octanol–water partition coefficient (Wildman–Crippen LogP) is -0.687. The Bertz CT molecular complexity index is 368. The minimum atomic E-state index is -0.640. The van der Waals surface area contributed by atoms with Crippen molar-refractivity contribution in [1.82, 2.24) is 20.1 Å². The van der Waals surface area contributed by atoms with Crippen LogP contribution in [0.15, 0.2) is 6.33 Å². The zero-order valence-electron chi connectivity index (χ0n) is 8.73. The number of carbonyl (C=O) groups is 1. The van der Waals surface area contributed by atoms with Crippen LogP contribution in [0.2, 0.25) is 0 Å². The van der Waals surface area contributed by atoms with Crippen molar-refractivity contribution in [2.45, 2.75) is 31.3 Å². The highest BCUT2D eigenvalue weighted by molar-refractivity contribution is 5.86. The minimum Gasteiger partial charge on any atom is -0.347 e. The molecule has 1 aliphatic rings. The van der Waals surface area contributed by atoms with E-state index in [4.69, 9.17) is 5.73 Å². The van der Waals surface area contributed by atoms with E-state index in [1.807, 2.05) is 7.05 Å². The highest BCUT2D eigenvalue weighted by Crippen LogP contribution is 2.28. The fourth-order valence-electron chi connectivity index (χ4n) is 1.59. The van der Waals surface area contributed by atoms with Crippen LogP contribution in [0.5, 0.6) is 0 Å². The third-order valence-corrected chi connectivity index (χ3v) is 2.91. The molecule has 0 spiro atoms. The number of rotatable bonds is 3. The molecule has 2 rings (SSSR count). The van der Waals surface area contributed by atoms with Crippen molar-refractivity contribution in [2.75, 3.05) is 0 Å². The summed E-state index contributed by atoms with van der Waals surface area (Å²) in [4.78, 5) is 11.7. The normalized spacial score (nSPS) is 18.3. The van der Waals surface area contributed by atoms with Gasteiger partial charge in [0, 0.05) is 7.05 Å². The molecule has 0 atom stereocenters. The summed E-state index contributed by atoms with van der Waals surface area (Å²) in [7, 11) is 1.84. The summed E-state index contributed by atoms with van der Waals surface area (Å²) < 4.78 is 1.77. The summed E-state index contributed by atoms with van der Waals surface area (Å²) in [6, 6.07) is 0. The molecule has 6 heteroatoms. The Labute approximate surface area is 87.9 Å². The van der Waals surface area contributed by atoms with E-state index in [0.717, 1.165) is 25.1 Å². The summed E-state index contributed by atoms with van der Waals surface area (Å²) in [6.45, 7) is 0.383. The molecule has 3 N–H and O–H groups in total. The van der Waals surface area contributed by atoms with Gasteiger partial charge in [-0.2, -0.15) is 0 Å². The first-order valence-corrected chi connectivity index (χ1v) is 5.02. The molecule has 1 aromatic heterocycles. The quantitative estimate of drug-likeness (QED) is 0.690. The van der Waals surface area contributed by atoms with E-state index in [2.05, 4.69) is 15.5 Å². The Hall–Kier alpha value is -1.43. The first-order chi connectivity index (χ1) is 7.12. The predicted molar refractivity (Wildman–Crippen MR) is 53.6 cm³/mol. The minimum absolute atomic E-state index is 0.0863. The first-order valence-electron chi connectivity index (χ1n) is 5.02. The van der Waals surface area contributed by atoms with Crippen LogP contribution in [0.25, 0.3) is 0 Å². The van der Waals surface area contributed by atoms with Crippen LogP contribution in [-0.4, -0.2) is 26.2 Å². The number of aromatic nitrogens is 3. The molecule has 1 heterocycles. The fourth-order valence-corrected chi connectivity index (χ4v) is 1.59. The number of amides is 1. The molecule has 0 saturated heterocycles. The Balaban J connectivity index is 1.88. The van der Waals surface area contributed by atoms with Gasteiger partial charge in [-0.25, -0.2) is 0 Å². The molecule has 1 fully saturated rings. The molecule has 1 aliphatic carbocycles. The third kappa shape index (κ3) is 1.85. The van der Waals surface area contributed by atoms with E-state index in [9.17, 15) is 4.79 Å². The molecule has 82 valence electrons. The van der Waals surface area contributed by atoms with E-state index in [0.29, 0.717) is 6.54 Å². The maximum Gasteiger partial charge on any atom is 0.240 e. The summed E-state index contributed by atoms with van der Waals surface area (Å²) in [5.41, 5.74) is 5.23. The van der Waals surface area contributed by atoms with E-state index in [1.54, 1.807) is 10.9 Å². The molecule has 0 bridgehead atoms. The lowest BCUT2D eigenvalue weighted by Gasteiger charge is -2.36. The molecule has 0 unspecified atom stereocenters. The molecule has 15 heavy (non-hydrogen) atoms. The van der Waals surface area contributed by atoms with Crippen molar-refractivity contribution in [3.63, 3.8) is 0 Å². The summed E-state index contributed by atoms with van der Waals surface area (Å²) in [5.74, 6) is 0.642. The lowest BCUT2D eigenvalue weighted by molar-refractivity contribution is -0.129. The van der Waals surface area contributed by atoms with Gasteiger partial charge in [0.05, 0.1) is 12.1 Å². The van der Waals surface area contributed by atoms with Gasteiger partial charge in [0.25, 0.3) is 0 Å². The zero-order valence-corrected chi connectivity index (χ0v) is 8.73. The Morgan fingerprint density at radius 2 is 2.47 bits per heavy atom. The zero-order chi connectivity index (χ0) is 10.9. The van der Waals surface area contributed by atoms with Crippen LogP contribution in [0.1, 0.15) is 25.1 Å². The number of nitrogens with two attached hydrogens (primary N) is 1. The average Bonchev–Trinajstić information content (AvgIpc) is 2.56. The molecule has 6 nitrogen and oxygen atoms in total. The number of carbonyl (C=O) groups excluding carboxylic acids is 1. The monoisotopic (exact) mass is 209 g/mol. The van der Waals surface area contributed by atoms with Gasteiger partial charge in [-0.15, -0.1) is 10.2 Å². The van der Waals surface area contributed by atoms with Gasteiger partial charge in [-0.05, 0) is 19.3 Å². The average molecular weight is 209 g/mol. The maximum absolute atomic E-state index is 11.7. The molecule has 1 amide bonds. The topological polar surface area (TPSA) is 85.8 Å². The van der Waals surface area contributed by atoms with Crippen molar-refractivity contribution >= 4 is 5.91 Å². The summed E-state index contributed by atoms with van der Waals surface area (Å²) >= 11 is 0. The second kappa shape index (κ2) is 3.62. The van der Waals surface area contributed by atoms with Crippen LogP contribution in [-0.2, 0) is 18.4 Å². The van der Waals surface area contributed by atoms with E-state index >= 15 is 0 Å². The lowest BCUT2D eigenvalue weighted by atomic mass is 9.77. The van der Waals surface area contributed by atoms with Gasteiger partial charge in [0.2, 0.25) is 5.91 Å². The van der Waals surface area contributed by atoms with Crippen molar-refractivity contribution in [3.05, 3.63) is 12.2 Å². The van der Waals surface area contributed by atoms with Gasteiger partial charge in [-0.3, -0.25) is 4.79 Å². The highest BCUT2D eigenvalue weighted by atomic mass is 16.2. The smallest absolute Gasteiger partial charge is 0.240 e. The van der Waals surface area contributed by atoms with Crippen LogP contribution >= 0.6 is 0 Å². The SMILES string of the molecule is Cn1cnnc1CNC(=O)C1(N)CCC1. The number of nitrogens with zero attached hydrogens (tertiary/aromatic N) is 3. The van der Waals surface area contributed by atoms with Gasteiger partial charge in [0.1, 0.15) is 6.33 Å². The number of hydrogen-bond donors (Lipinski definition) is 2. The van der Waals surface area contributed by atoms with E-state index < -0.39 is 5.54 Å². The van der Waals surface area contributed by atoms with Crippen molar-refractivity contribution in [1.29, 1.82) is 0 Å². The molecular formula is C9H15N5O. The number of hydrogen-bond acceptors (Lipinski definition) is 4. The van der Waals surface area contributed by atoms with Crippen LogP contribution in [0, 0.1) is 0 Å². The van der Waals surface area contributed by atoms with E-state index in [-0.39, 0.29) is 5.91 Å². The van der Waals surface area contributed by atoms with Gasteiger partial charge in [-0.1, -0.05) is 0 Å². The standard InChI is InChI=1S/C9H15N5O/c1-14-6-12-13-7(14)5-11-8(15)9(10)3-2-4-9/h6H,2-5,10H2,1H3,(H,11,15). The number of nitrogens with one attached hydrogen (secondary N) is 1. The van der Waals surface area contributed by atoms with Crippen molar-refractivity contribution in [2.24, 2.45) is 12.8 Å². The van der Waals surface area contributed by atoms with Crippen LogP contribution in [0.3, 0.4) is 0 Å². The lowest BCUT2D eigenvalue weighted by Crippen LogP contribution is -2.58. The van der Waals surface area contributed by atoms with Crippen molar-refractivity contribution in [3.8, 4) is 0 Å². The molecule has 1 aromatic rings. The third-order valence-electron chi connectivity index (χ3n) is 2.91. The second-order valence-corrected chi connectivity index (χ2v) is 4.05. The Kier molecular flexibility index (Phi) is 2.44. The van der Waals surface area contributed by atoms with Crippen molar-refractivity contribution < 1.29 is 4.79 Å². The van der Waals surface area contributed by atoms with Crippen LogP contribution < -0.4 is 11.1 Å².